The second-order valence-electron chi connectivity index (χ2n) is 3.05. The zero-order chi connectivity index (χ0) is 11.4. The molecular weight excluding hydrogens is 239 g/mol. The lowest BCUT2D eigenvalue weighted by Crippen LogP contribution is -2.30. The third-order valence-electron chi connectivity index (χ3n) is 1.62. The number of aliphatic hydroxyl groups excluding tert-OH is 1. The van der Waals surface area contributed by atoms with E-state index in [0.29, 0.717) is 0 Å². The van der Waals surface area contributed by atoms with Crippen molar-refractivity contribution in [3.05, 3.63) is 28.0 Å². The van der Waals surface area contributed by atoms with Gasteiger partial charge in [-0.05, 0) is 13.0 Å². The summed E-state index contributed by atoms with van der Waals surface area (Å²) in [6.07, 6.45) is 0.700. The number of rotatable bonds is 3. The molecule has 0 saturated carbocycles. The summed E-state index contributed by atoms with van der Waals surface area (Å²) in [5.41, 5.74) is 0.248. The molecule has 6 heteroatoms. The smallest absolute Gasteiger partial charge is 0.253 e. The lowest BCUT2D eigenvalue weighted by atomic mass is 10.2. The molecule has 1 heterocycles. The molecule has 0 aliphatic heterocycles. The number of carbonyl (C=O) groups is 1. The van der Waals surface area contributed by atoms with Crippen molar-refractivity contribution in [2.75, 3.05) is 6.54 Å². The molecule has 0 aliphatic rings. The van der Waals surface area contributed by atoms with Crippen LogP contribution in [-0.2, 0) is 0 Å². The SMILES string of the molecule is C[C@@H](O)CNC(=O)c1cc(Cl)ncc1Cl. The minimum Gasteiger partial charge on any atom is -0.392 e. The average Bonchev–Trinajstić information content (AvgIpc) is 2.18. The van der Waals surface area contributed by atoms with E-state index in [0.717, 1.165) is 0 Å². The van der Waals surface area contributed by atoms with Gasteiger partial charge >= 0.3 is 0 Å². The van der Waals surface area contributed by atoms with Gasteiger partial charge in [-0.25, -0.2) is 4.98 Å². The van der Waals surface area contributed by atoms with E-state index in [1.165, 1.54) is 12.3 Å². The molecule has 0 spiro atoms. The molecule has 0 saturated heterocycles. The molecule has 1 atom stereocenters. The Morgan fingerprint density at radius 2 is 2.33 bits per heavy atom. The maximum atomic E-state index is 11.5. The molecule has 0 fully saturated rings. The summed E-state index contributed by atoms with van der Waals surface area (Å²) in [6.45, 7) is 1.73. The molecule has 1 aromatic rings. The van der Waals surface area contributed by atoms with Crippen LogP contribution in [0.15, 0.2) is 12.3 Å². The zero-order valence-corrected chi connectivity index (χ0v) is 9.51. The number of nitrogens with one attached hydrogen (secondary N) is 1. The number of hydrogen-bond acceptors (Lipinski definition) is 3. The largest absolute Gasteiger partial charge is 0.392 e. The highest BCUT2D eigenvalue weighted by Crippen LogP contribution is 2.17. The highest BCUT2D eigenvalue weighted by Gasteiger charge is 2.11. The molecule has 2 N–H and O–H groups in total. The van der Waals surface area contributed by atoms with Crippen LogP contribution in [0.5, 0.6) is 0 Å². The number of carbonyl (C=O) groups excluding carboxylic acids is 1. The highest BCUT2D eigenvalue weighted by atomic mass is 35.5. The van der Waals surface area contributed by atoms with E-state index in [1.54, 1.807) is 6.92 Å². The van der Waals surface area contributed by atoms with Gasteiger partial charge in [0.05, 0.1) is 16.7 Å². The Hall–Kier alpha value is -0.840. The van der Waals surface area contributed by atoms with Gasteiger partial charge in [0.2, 0.25) is 0 Å². The van der Waals surface area contributed by atoms with E-state index in [9.17, 15) is 4.79 Å². The molecule has 4 nitrogen and oxygen atoms in total. The fourth-order valence-corrected chi connectivity index (χ4v) is 1.27. The quantitative estimate of drug-likeness (QED) is 0.798. The van der Waals surface area contributed by atoms with E-state index in [4.69, 9.17) is 28.3 Å². The average molecular weight is 249 g/mol. The number of hydrogen-bond donors (Lipinski definition) is 2. The Morgan fingerprint density at radius 1 is 1.67 bits per heavy atom. The molecule has 0 radical (unpaired) electrons. The lowest BCUT2D eigenvalue weighted by Gasteiger charge is -2.08. The van der Waals surface area contributed by atoms with Crippen LogP contribution >= 0.6 is 23.2 Å². The second-order valence-corrected chi connectivity index (χ2v) is 3.84. The van der Waals surface area contributed by atoms with Gasteiger partial charge in [0.15, 0.2) is 0 Å². The molecule has 0 aliphatic carbocycles. The summed E-state index contributed by atoms with van der Waals surface area (Å²) < 4.78 is 0. The van der Waals surface area contributed by atoms with Crippen LogP contribution in [0.2, 0.25) is 10.2 Å². The minimum absolute atomic E-state index is 0.162. The molecule has 1 amide bonds. The van der Waals surface area contributed by atoms with Crippen LogP contribution in [-0.4, -0.2) is 28.6 Å². The summed E-state index contributed by atoms with van der Waals surface area (Å²) in [5, 5.41) is 11.9. The molecule has 1 rings (SSSR count). The van der Waals surface area contributed by atoms with E-state index < -0.39 is 6.10 Å². The normalized spacial score (nSPS) is 12.3. The van der Waals surface area contributed by atoms with Gasteiger partial charge in [-0.3, -0.25) is 4.79 Å². The monoisotopic (exact) mass is 248 g/mol. The third-order valence-corrected chi connectivity index (χ3v) is 2.13. The number of aliphatic hydroxyl groups is 1. The predicted octanol–water partition coefficient (Wildman–Crippen LogP) is 1.50. The molecular formula is C9H10Cl2N2O2. The Balaban J connectivity index is 2.77. The number of pyridine rings is 1. The van der Waals surface area contributed by atoms with Crippen LogP contribution < -0.4 is 5.32 Å². The minimum atomic E-state index is -0.606. The van der Waals surface area contributed by atoms with E-state index in [1.807, 2.05) is 0 Å². The van der Waals surface area contributed by atoms with Gasteiger partial charge in [0.25, 0.3) is 5.91 Å². The zero-order valence-electron chi connectivity index (χ0n) is 8.00. The van der Waals surface area contributed by atoms with E-state index in [2.05, 4.69) is 10.3 Å². The standard InChI is InChI=1S/C9H10Cl2N2O2/c1-5(14)3-13-9(15)6-2-8(11)12-4-7(6)10/h2,4-5,14H,3H2,1H3,(H,13,15)/t5-/m1/s1. The van der Waals surface area contributed by atoms with Crippen LogP contribution in [0.3, 0.4) is 0 Å². The molecule has 1 aromatic heterocycles. The summed E-state index contributed by atoms with van der Waals surface area (Å²) in [4.78, 5) is 15.3. The Bertz CT molecular complexity index is 369. The fraction of sp³-hybridized carbons (Fsp3) is 0.333. The van der Waals surface area contributed by atoms with Crippen LogP contribution in [0.4, 0.5) is 0 Å². The first-order valence-corrected chi connectivity index (χ1v) is 5.03. The lowest BCUT2D eigenvalue weighted by molar-refractivity contribution is 0.0924. The second kappa shape index (κ2) is 5.30. The van der Waals surface area contributed by atoms with Gasteiger partial charge in [-0.2, -0.15) is 0 Å². The van der Waals surface area contributed by atoms with Crippen molar-refractivity contribution >= 4 is 29.1 Å². The summed E-state index contributed by atoms with van der Waals surface area (Å²) >= 11 is 11.4. The van der Waals surface area contributed by atoms with Crippen molar-refractivity contribution in [3.8, 4) is 0 Å². The summed E-state index contributed by atoms with van der Waals surface area (Å²) in [6, 6.07) is 1.38. The van der Waals surface area contributed by atoms with Crippen molar-refractivity contribution < 1.29 is 9.90 Å². The summed E-state index contributed by atoms with van der Waals surface area (Å²) in [7, 11) is 0. The molecule has 15 heavy (non-hydrogen) atoms. The third kappa shape index (κ3) is 3.66. The van der Waals surface area contributed by atoms with E-state index >= 15 is 0 Å². The fourth-order valence-electron chi connectivity index (χ4n) is 0.923. The first-order valence-electron chi connectivity index (χ1n) is 4.28. The Labute approximate surface area is 97.2 Å². The van der Waals surface area contributed by atoms with Gasteiger partial charge in [0, 0.05) is 12.7 Å². The Morgan fingerprint density at radius 3 is 2.93 bits per heavy atom. The van der Waals surface area contributed by atoms with Crippen molar-refractivity contribution in [3.63, 3.8) is 0 Å². The van der Waals surface area contributed by atoms with Crippen molar-refractivity contribution in [2.24, 2.45) is 0 Å². The topological polar surface area (TPSA) is 62.2 Å². The van der Waals surface area contributed by atoms with E-state index in [-0.39, 0.29) is 28.2 Å². The van der Waals surface area contributed by atoms with Crippen LogP contribution in [0, 0.1) is 0 Å². The number of aromatic nitrogens is 1. The molecule has 0 aromatic carbocycles. The predicted molar refractivity (Wildman–Crippen MR) is 58.3 cm³/mol. The van der Waals surface area contributed by atoms with Crippen molar-refractivity contribution in [1.29, 1.82) is 0 Å². The van der Waals surface area contributed by atoms with Crippen LogP contribution in [0.25, 0.3) is 0 Å². The summed E-state index contributed by atoms with van der Waals surface area (Å²) in [5.74, 6) is -0.384. The molecule has 0 unspecified atom stereocenters. The first-order chi connectivity index (χ1) is 7.00. The van der Waals surface area contributed by atoms with Crippen molar-refractivity contribution in [1.82, 2.24) is 10.3 Å². The maximum absolute atomic E-state index is 11.5. The van der Waals surface area contributed by atoms with Crippen LogP contribution in [0.1, 0.15) is 17.3 Å². The Kier molecular flexibility index (Phi) is 4.32. The molecule has 82 valence electrons. The number of halogens is 2. The van der Waals surface area contributed by atoms with Gasteiger partial charge in [-0.15, -0.1) is 0 Å². The van der Waals surface area contributed by atoms with Gasteiger partial charge in [-0.1, -0.05) is 23.2 Å². The van der Waals surface area contributed by atoms with Crippen molar-refractivity contribution in [2.45, 2.75) is 13.0 Å². The maximum Gasteiger partial charge on any atom is 0.253 e. The number of nitrogens with zero attached hydrogens (tertiary/aromatic N) is 1. The highest BCUT2D eigenvalue weighted by molar-refractivity contribution is 6.35. The number of amides is 1. The van der Waals surface area contributed by atoms with Gasteiger partial charge in [0.1, 0.15) is 5.15 Å². The first kappa shape index (κ1) is 12.2. The van der Waals surface area contributed by atoms with Gasteiger partial charge < -0.3 is 10.4 Å². The molecule has 0 bridgehead atoms.